The van der Waals surface area contributed by atoms with Crippen LogP contribution in [0.1, 0.15) is 18.9 Å². The van der Waals surface area contributed by atoms with Crippen LogP contribution in [0.2, 0.25) is 0 Å². The molecule has 1 rings (SSSR count). The van der Waals surface area contributed by atoms with Crippen molar-refractivity contribution in [3.8, 4) is 0 Å². The predicted octanol–water partition coefficient (Wildman–Crippen LogP) is 2.23. The molecule has 0 aliphatic carbocycles. The lowest BCUT2D eigenvalue weighted by atomic mass is 10.2. The molecule has 96 valence electrons. The summed E-state index contributed by atoms with van der Waals surface area (Å²) in [6, 6.07) is 1.89. The van der Waals surface area contributed by atoms with Crippen molar-refractivity contribution in [3.05, 3.63) is 17.7 Å². The molecule has 4 nitrogen and oxygen atoms in total. The Labute approximate surface area is 97.6 Å². The number of hydrogen-bond acceptors (Lipinski definition) is 4. The first-order valence-corrected chi connectivity index (χ1v) is 5.15. The topological polar surface area (TPSA) is 54.2 Å². The molecular formula is C10H15F3N4. The SMILES string of the molecule is CCCN(C)c1cc(C(F)(F)F)cc(NN)n1. The normalized spacial score (nSPS) is 11.4. The van der Waals surface area contributed by atoms with Gasteiger partial charge in [0.1, 0.15) is 11.6 Å². The van der Waals surface area contributed by atoms with Gasteiger partial charge in [-0.25, -0.2) is 10.8 Å². The van der Waals surface area contributed by atoms with Crippen LogP contribution in [-0.2, 0) is 6.18 Å². The third-order valence-electron chi connectivity index (χ3n) is 2.24. The summed E-state index contributed by atoms with van der Waals surface area (Å²) in [6.45, 7) is 2.56. The second-order valence-electron chi connectivity index (χ2n) is 3.66. The zero-order valence-electron chi connectivity index (χ0n) is 9.67. The summed E-state index contributed by atoms with van der Waals surface area (Å²) in [5.41, 5.74) is 1.37. The van der Waals surface area contributed by atoms with E-state index in [0.29, 0.717) is 6.54 Å². The number of hydrazine groups is 1. The molecule has 1 aromatic heterocycles. The molecular weight excluding hydrogens is 233 g/mol. The number of hydrogen-bond donors (Lipinski definition) is 2. The molecule has 0 spiro atoms. The summed E-state index contributed by atoms with van der Waals surface area (Å²) in [6.07, 6.45) is -3.59. The molecule has 0 amide bonds. The van der Waals surface area contributed by atoms with Crippen LogP contribution >= 0.6 is 0 Å². The molecule has 0 aliphatic heterocycles. The Morgan fingerprint density at radius 1 is 1.41 bits per heavy atom. The number of rotatable bonds is 4. The van der Waals surface area contributed by atoms with Gasteiger partial charge >= 0.3 is 6.18 Å². The Morgan fingerprint density at radius 2 is 2.06 bits per heavy atom. The van der Waals surface area contributed by atoms with Crippen molar-refractivity contribution in [1.29, 1.82) is 0 Å². The number of nitrogen functional groups attached to an aromatic ring is 1. The van der Waals surface area contributed by atoms with E-state index in [0.717, 1.165) is 18.6 Å². The average molecular weight is 248 g/mol. The van der Waals surface area contributed by atoms with Crippen molar-refractivity contribution in [2.24, 2.45) is 5.84 Å². The van der Waals surface area contributed by atoms with Crippen LogP contribution in [0.25, 0.3) is 0 Å². The molecule has 0 saturated carbocycles. The first-order valence-electron chi connectivity index (χ1n) is 5.15. The lowest BCUT2D eigenvalue weighted by Gasteiger charge is -2.19. The lowest BCUT2D eigenvalue weighted by Crippen LogP contribution is -2.21. The van der Waals surface area contributed by atoms with Crippen LogP contribution in [0.5, 0.6) is 0 Å². The van der Waals surface area contributed by atoms with E-state index in [2.05, 4.69) is 10.4 Å². The highest BCUT2D eigenvalue weighted by molar-refractivity contribution is 5.50. The van der Waals surface area contributed by atoms with Crippen molar-refractivity contribution < 1.29 is 13.2 Å². The summed E-state index contributed by atoms with van der Waals surface area (Å²) < 4.78 is 37.9. The first kappa shape index (κ1) is 13.6. The Morgan fingerprint density at radius 3 is 2.53 bits per heavy atom. The zero-order valence-corrected chi connectivity index (χ0v) is 9.67. The van der Waals surface area contributed by atoms with Gasteiger partial charge in [0.25, 0.3) is 0 Å². The van der Waals surface area contributed by atoms with Crippen LogP contribution < -0.4 is 16.2 Å². The highest BCUT2D eigenvalue weighted by atomic mass is 19.4. The largest absolute Gasteiger partial charge is 0.416 e. The standard InChI is InChI=1S/C10H15F3N4/c1-3-4-17(2)9-6-7(10(11,12)13)5-8(15-9)16-14/h5-6H,3-4,14H2,1-2H3,(H,15,16). The molecule has 3 N–H and O–H groups in total. The molecule has 0 saturated heterocycles. The average Bonchev–Trinajstić information content (AvgIpc) is 2.27. The molecule has 0 atom stereocenters. The quantitative estimate of drug-likeness (QED) is 0.633. The monoisotopic (exact) mass is 248 g/mol. The van der Waals surface area contributed by atoms with E-state index < -0.39 is 11.7 Å². The number of nitrogens with two attached hydrogens (primary N) is 1. The fourth-order valence-corrected chi connectivity index (χ4v) is 1.40. The molecule has 1 aromatic rings. The third-order valence-corrected chi connectivity index (χ3v) is 2.24. The molecule has 7 heteroatoms. The molecule has 17 heavy (non-hydrogen) atoms. The van der Waals surface area contributed by atoms with Crippen LogP contribution in [0.4, 0.5) is 24.8 Å². The zero-order chi connectivity index (χ0) is 13.1. The highest BCUT2D eigenvalue weighted by Crippen LogP contribution is 2.32. The van der Waals surface area contributed by atoms with Crippen LogP contribution in [-0.4, -0.2) is 18.6 Å². The van der Waals surface area contributed by atoms with E-state index in [1.165, 1.54) is 0 Å². The second kappa shape index (κ2) is 5.22. The van der Waals surface area contributed by atoms with Crippen molar-refractivity contribution in [2.45, 2.75) is 19.5 Å². The maximum Gasteiger partial charge on any atom is 0.416 e. The molecule has 0 radical (unpaired) electrons. The number of aromatic nitrogens is 1. The summed E-state index contributed by atoms with van der Waals surface area (Å²) in [7, 11) is 1.69. The Bertz CT molecular complexity index is 378. The Kier molecular flexibility index (Phi) is 4.17. The van der Waals surface area contributed by atoms with Gasteiger partial charge in [-0.3, -0.25) is 0 Å². The van der Waals surface area contributed by atoms with Crippen molar-refractivity contribution in [1.82, 2.24) is 4.98 Å². The van der Waals surface area contributed by atoms with Gasteiger partial charge in [0.15, 0.2) is 0 Å². The first-order chi connectivity index (χ1) is 7.88. The van der Waals surface area contributed by atoms with Crippen LogP contribution in [0, 0.1) is 0 Å². The fourth-order valence-electron chi connectivity index (χ4n) is 1.40. The Hall–Kier alpha value is -1.50. The maximum absolute atomic E-state index is 12.6. The van der Waals surface area contributed by atoms with Gasteiger partial charge in [-0.15, -0.1) is 0 Å². The second-order valence-corrected chi connectivity index (χ2v) is 3.66. The van der Waals surface area contributed by atoms with Crippen molar-refractivity contribution >= 4 is 11.6 Å². The van der Waals surface area contributed by atoms with E-state index in [4.69, 9.17) is 5.84 Å². The predicted molar refractivity (Wildman–Crippen MR) is 60.6 cm³/mol. The molecule has 0 unspecified atom stereocenters. The van der Waals surface area contributed by atoms with Gasteiger partial charge in [0, 0.05) is 13.6 Å². The molecule has 0 fully saturated rings. The lowest BCUT2D eigenvalue weighted by molar-refractivity contribution is -0.137. The van der Waals surface area contributed by atoms with Crippen molar-refractivity contribution in [3.63, 3.8) is 0 Å². The number of anilines is 2. The number of nitrogens with one attached hydrogen (secondary N) is 1. The van der Waals surface area contributed by atoms with Gasteiger partial charge < -0.3 is 10.3 Å². The third kappa shape index (κ3) is 3.48. The molecule has 0 aliphatic rings. The van der Waals surface area contributed by atoms with E-state index >= 15 is 0 Å². The highest BCUT2D eigenvalue weighted by Gasteiger charge is 2.31. The van der Waals surface area contributed by atoms with Gasteiger partial charge in [-0.1, -0.05) is 6.92 Å². The fraction of sp³-hybridized carbons (Fsp3) is 0.500. The minimum atomic E-state index is -4.41. The number of nitrogens with zero attached hydrogens (tertiary/aromatic N) is 2. The van der Waals surface area contributed by atoms with Gasteiger partial charge in [0.2, 0.25) is 0 Å². The van der Waals surface area contributed by atoms with E-state index in [9.17, 15) is 13.2 Å². The molecule has 0 aromatic carbocycles. The summed E-state index contributed by atoms with van der Waals surface area (Å²) in [5.74, 6) is 5.35. The van der Waals surface area contributed by atoms with Gasteiger partial charge in [-0.05, 0) is 18.6 Å². The number of alkyl halides is 3. The van der Waals surface area contributed by atoms with E-state index in [1.54, 1.807) is 11.9 Å². The summed E-state index contributed by atoms with van der Waals surface area (Å²) >= 11 is 0. The van der Waals surface area contributed by atoms with Crippen LogP contribution in [0.15, 0.2) is 12.1 Å². The maximum atomic E-state index is 12.6. The van der Waals surface area contributed by atoms with Gasteiger partial charge in [0.05, 0.1) is 5.56 Å². The van der Waals surface area contributed by atoms with E-state index in [1.807, 2.05) is 6.92 Å². The summed E-state index contributed by atoms with van der Waals surface area (Å²) in [4.78, 5) is 5.62. The molecule has 0 bridgehead atoms. The van der Waals surface area contributed by atoms with Crippen LogP contribution in [0.3, 0.4) is 0 Å². The van der Waals surface area contributed by atoms with Gasteiger partial charge in [-0.2, -0.15) is 13.2 Å². The summed E-state index contributed by atoms with van der Waals surface area (Å²) in [5, 5.41) is 0. The number of halogens is 3. The molecule has 1 heterocycles. The van der Waals surface area contributed by atoms with Crippen molar-refractivity contribution in [2.75, 3.05) is 23.9 Å². The number of pyridine rings is 1. The smallest absolute Gasteiger partial charge is 0.360 e. The Balaban J connectivity index is 3.14. The minimum absolute atomic E-state index is 0.00206. The minimum Gasteiger partial charge on any atom is -0.360 e. The van der Waals surface area contributed by atoms with E-state index in [-0.39, 0.29) is 11.6 Å².